The van der Waals surface area contributed by atoms with E-state index in [-0.39, 0.29) is 10.7 Å². The predicted molar refractivity (Wildman–Crippen MR) is 120 cm³/mol. The van der Waals surface area contributed by atoms with Crippen molar-refractivity contribution in [2.45, 2.75) is 30.7 Å². The summed E-state index contributed by atoms with van der Waals surface area (Å²) in [7, 11) is -3.93. The zero-order chi connectivity index (χ0) is 23.6. The molecule has 170 valence electrons. The fourth-order valence-corrected chi connectivity index (χ4v) is 4.05. The van der Waals surface area contributed by atoms with Crippen LogP contribution in [-0.4, -0.2) is 34.1 Å². The fourth-order valence-electron chi connectivity index (χ4n) is 3.54. The molecule has 33 heavy (non-hydrogen) atoms. The monoisotopic (exact) mass is 468 g/mol. The first-order chi connectivity index (χ1) is 15.8. The van der Waals surface area contributed by atoms with E-state index in [1.54, 1.807) is 29.2 Å². The summed E-state index contributed by atoms with van der Waals surface area (Å²) in [4.78, 5) is 21.2. The van der Waals surface area contributed by atoms with E-state index in [0.29, 0.717) is 34.1 Å². The number of amides is 1. The lowest BCUT2D eigenvalue weighted by molar-refractivity contribution is 0.0935. The summed E-state index contributed by atoms with van der Waals surface area (Å²) in [5.41, 5.74) is 2.04. The van der Waals surface area contributed by atoms with Crippen molar-refractivity contribution in [2.24, 2.45) is 5.14 Å². The second-order valence-electron chi connectivity index (χ2n) is 7.47. The van der Waals surface area contributed by atoms with Gasteiger partial charge in [0.05, 0.1) is 35.2 Å². The van der Waals surface area contributed by atoms with Crippen LogP contribution in [0.1, 0.15) is 41.7 Å². The third-order valence-corrected chi connectivity index (χ3v) is 6.04. The first kappa shape index (κ1) is 22.5. The molecule has 0 spiro atoms. The zero-order valence-corrected chi connectivity index (χ0v) is 18.5. The van der Waals surface area contributed by atoms with Crippen molar-refractivity contribution < 1.29 is 17.6 Å². The maximum absolute atomic E-state index is 13.3. The molecule has 0 saturated carbocycles. The molecule has 0 saturated heterocycles. The van der Waals surface area contributed by atoms with Gasteiger partial charge in [-0.15, -0.1) is 0 Å². The molecule has 9 nitrogen and oxygen atoms in total. The number of benzene rings is 1. The van der Waals surface area contributed by atoms with Gasteiger partial charge >= 0.3 is 0 Å². The molecule has 0 radical (unpaired) electrons. The summed E-state index contributed by atoms with van der Waals surface area (Å²) in [6, 6.07) is 6.74. The van der Waals surface area contributed by atoms with Crippen LogP contribution in [-0.2, 0) is 10.0 Å². The van der Waals surface area contributed by atoms with E-state index in [1.807, 2.05) is 6.92 Å². The molecule has 0 fully saturated rings. The Morgan fingerprint density at radius 2 is 1.85 bits per heavy atom. The van der Waals surface area contributed by atoms with Crippen molar-refractivity contribution in [3.05, 3.63) is 78.3 Å². The number of nitrogens with two attached hydrogens (primary N) is 1. The minimum Gasteiger partial charge on any atom is -0.345 e. The number of sulfonamides is 1. The first-order valence-electron chi connectivity index (χ1n) is 10.1. The van der Waals surface area contributed by atoms with Gasteiger partial charge in [0, 0.05) is 24.0 Å². The molecule has 0 aliphatic heterocycles. The van der Waals surface area contributed by atoms with Crippen LogP contribution < -0.4 is 10.5 Å². The summed E-state index contributed by atoms with van der Waals surface area (Å²) in [6.45, 7) is 1.95. The molecule has 1 atom stereocenters. The Balaban J connectivity index is 1.67. The SMILES string of the molecule is CCC[C@H](NC(=O)c1cncc2c1cnn2-c1ccc(F)cc1)c1cncc(S(N)(=O)=O)c1. The van der Waals surface area contributed by atoms with E-state index in [1.165, 1.54) is 30.6 Å². The van der Waals surface area contributed by atoms with Gasteiger partial charge < -0.3 is 5.32 Å². The van der Waals surface area contributed by atoms with Crippen molar-refractivity contribution in [2.75, 3.05) is 0 Å². The Morgan fingerprint density at radius 3 is 2.55 bits per heavy atom. The van der Waals surface area contributed by atoms with Crippen LogP contribution in [0, 0.1) is 5.82 Å². The van der Waals surface area contributed by atoms with Gasteiger partial charge in [0.1, 0.15) is 10.7 Å². The average Bonchev–Trinajstić information content (AvgIpc) is 3.23. The molecular formula is C22H21FN6O3S. The number of hydrogen-bond donors (Lipinski definition) is 2. The van der Waals surface area contributed by atoms with Gasteiger partial charge in [0.25, 0.3) is 5.91 Å². The Bertz CT molecular complexity index is 1420. The molecule has 0 unspecified atom stereocenters. The van der Waals surface area contributed by atoms with Gasteiger partial charge in [-0.25, -0.2) is 22.6 Å². The number of hydrogen-bond acceptors (Lipinski definition) is 6. The lowest BCUT2D eigenvalue weighted by Gasteiger charge is -2.19. The summed E-state index contributed by atoms with van der Waals surface area (Å²) in [6.07, 6.45) is 8.52. The highest BCUT2D eigenvalue weighted by Crippen LogP contribution is 2.24. The maximum atomic E-state index is 13.3. The molecule has 3 aromatic heterocycles. The standard InChI is InChI=1S/C22H21FN6O3S/c1-2-3-20(14-8-17(10-25-9-14)33(24,31)32)28-22(30)19-11-26-13-21-18(19)12-27-29(21)16-6-4-15(23)5-7-16/h4-13,20H,2-3H2,1H3,(H,28,30)(H2,24,31,32)/t20-/m0/s1. The van der Waals surface area contributed by atoms with E-state index < -0.39 is 22.0 Å². The molecule has 1 amide bonds. The quantitative estimate of drug-likeness (QED) is 0.429. The van der Waals surface area contributed by atoms with E-state index >= 15 is 0 Å². The van der Waals surface area contributed by atoms with Gasteiger partial charge in [-0.1, -0.05) is 13.3 Å². The Morgan fingerprint density at radius 1 is 1.12 bits per heavy atom. The summed E-state index contributed by atoms with van der Waals surface area (Å²) < 4.78 is 38.3. The molecule has 0 aliphatic rings. The van der Waals surface area contributed by atoms with Crippen molar-refractivity contribution in [3.63, 3.8) is 0 Å². The van der Waals surface area contributed by atoms with Crippen LogP contribution in [0.3, 0.4) is 0 Å². The normalized spacial score (nSPS) is 12.6. The first-order valence-corrected chi connectivity index (χ1v) is 11.7. The van der Waals surface area contributed by atoms with E-state index in [9.17, 15) is 17.6 Å². The lowest BCUT2D eigenvalue weighted by Crippen LogP contribution is -2.29. The number of nitrogens with zero attached hydrogens (tertiary/aromatic N) is 4. The van der Waals surface area contributed by atoms with E-state index in [2.05, 4.69) is 20.4 Å². The number of pyridine rings is 2. The average molecular weight is 469 g/mol. The maximum Gasteiger partial charge on any atom is 0.254 e. The Hall–Kier alpha value is -3.70. The number of carbonyl (C=O) groups is 1. The minimum absolute atomic E-state index is 0.125. The van der Waals surface area contributed by atoms with E-state index in [0.717, 1.165) is 12.6 Å². The fraction of sp³-hybridized carbons (Fsp3) is 0.182. The van der Waals surface area contributed by atoms with Crippen LogP contribution in [0.15, 0.2) is 66.2 Å². The molecule has 0 aliphatic carbocycles. The largest absolute Gasteiger partial charge is 0.345 e. The number of primary sulfonamides is 1. The summed E-state index contributed by atoms with van der Waals surface area (Å²) in [5, 5.41) is 13.1. The van der Waals surface area contributed by atoms with Crippen molar-refractivity contribution in [1.29, 1.82) is 0 Å². The second-order valence-corrected chi connectivity index (χ2v) is 9.03. The molecule has 11 heteroatoms. The van der Waals surface area contributed by atoms with Gasteiger partial charge in [-0.3, -0.25) is 14.8 Å². The van der Waals surface area contributed by atoms with Gasteiger partial charge in [0.2, 0.25) is 10.0 Å². The molecule has 4 rings (SSSR count). The lowest BCUT2D eigenvalue weighted by atomic mass is 10.0. The highest BCUT2D eigenvalue weighted by atomic mass is 32.2. The third kappa shape index (κ3) is 4.73. The van der Waals surface area contributed by atoms with Gasteiger partial charge in [-0.2, -0.15) is 5.10 Å². The van der Waals surface area contributed by atoms with Crippen molar-refractivity contribution >= 4 is 26.8 Å². The highest BCUT2D eigenvalue weighted by Gasteiger charge is 2.21. The Labute approximate surface area is 189 Å². The second kappa shape index (κ2) is 9.04. The summed E-state index contributed by atoms with van der Waals surface area (Å²) in [5.74, 6) is -0.762. The molecule has 1 aromatic carbocycles. The van der Waals surface area contributed by atoms with Crippen molar-refractivity contribution in [1.82, 2.24) is 25.1 Å². The molecule has 3 heterocycles. The molecule has 0 bridgehead atoms. The minimum atomic E-state index is -3.93. The van der Waals surface area contributed by atoms with Crippen LogP contribution in [0.2, 0.25) is 0 Å². The van der Waals surface area contributed by atoms with Crippen LogP contribution >= 0.6 is 0 Å². The smallest absolute Gasteiger partial charge is 0.254 e. The number of nitrogens with one attached hydrogen (secondary N) is 1. The predicted octanol–water partition coefficient (Wildman–Crippen LogP) is 2.87. The third-order valence-electron chi connectivity index (χ3n) is 5.16. The number of aromatic nitrogens is 4. The van der Waals surface area contributed by atoms with Crippen molar-refractivity contribution in [3.8, 4) is 5.69 Å². The van der Waals surface area contributed by atoms with E-state index in [4.69, 9.17) is 5.14 Å². The topological polar surface area (TPSA) is 133 Å². The van der Waals surface area contributed by atoms with Crippen LogP contribution in [0.4, 0.5) is 4.39 Å². The van der Waals surface area contributed by atoms with Gasteiger partial charge in [0.15, 0.2) is 0 Å². The highest BCUT2D eigenvalue weighted by molar-refractivity contribution is 7.89. The molecular weight excluding hydrogens is 447 g/mol. The molecule has 3 N–H and O–H groups in total. The van der Waals surface area contributed by atoms with Crippen LogP contribution in [0.5, 0.6) is 0 Å². The summed E-state index contributed by atoms with van der Waals surface area (Å²) >= 11 is 0. The zero-order valence-electron chi connectivity index (χ0n) is 17.6. The number of carbonyl (C=O) groups excluding carboxylic acids is 1. The Kier molecular flexibility index (Phi) is 6.16. The number of fused-ring (bicyclic) bond motifs is 1. The molecule has 4 aromatic rings. The van der Waals surface area contributed by atoms with Crippen LogP contribution in [0.25, 0.3) is 16.6 Å². The number of halogens is 1. The number of rotatable bonds is 7. The van der Waals surface area contributed by atoms with Gasteiger partial charge in [-0.05, 0) is 42.3 Å².